The zero-order chi connectivity index (χ0) is 18.9. The molecule has 1 aromatic carbocycles. The first-order chi connectivity index (χ1) is 12.3. The second-order valence-corrected chi connectivity index (χ2v) is 8.04. The minimum absolute atomic E-state index is 0.0945. The van der Waals surface area contributed by atoms with Gasteiger partial charge in [-0.05, 0) is 50.1 Å². The Kier molecular flexibility index (Phi) is 5.06. The molecule has 3 rings (SSSR count). The molecule has 1 amide bonds. The number of hydrogen-bond acceptors (Lipinski definition) is 5. The molecule has 1 fully saturated rings. The number of carbonyl (C=O) groups excluding carboxylic acids is 2. The van der Waals surface area contributed by atoms with Crippen molar-refractivity contribution in [1.29, 1.82) is 0 Å². The third-order valence-electron chi connectivity index (χ3n) is 3.88. The van der Waals surface area contributed by atoms with Gasteiger partial charge in [-0.1, -0.05) is 11.6 Å². The summed E-state index contributed by atoms with van der Waals surface area (Å²) in [6.07, 6.45) is 2.81. The van der Waals surface area contributed by atoms with Gasteiger partial charge in [-0.15, -0.1) is 0 Å². The molecule has 7 nitrogen and oxygen atoms in total. The number of aromatic nitrogens is 1. The number of rotatable bonds is 6. The van der Waals surface area contributed by atoms with Crippen molar-refractivity contribution in [1.82, 2.24) is 3.97 Å². The normalized spacial score (nSPS) is 14.1. The fourth-order valence-electron chi connectivity index (χ4n) is 2.44. The number of carbonyl (C=O) groups is 2. The van der Waals surface area contributed by atoms with Crippen LogP contribution < -0.4 is 5.32 Å². The maximum atomic E-state index is 13.1. The van der Waals surface area contributed by atoms with E-state index in [4.69, 9.17) is 16.3 Å². The number of nitrogens with zero attached hydrogens (tertiary/aromatic N) is 1. The highest BCUT2D eigenvalue weighted by molar-refractivity contribution is 7.90. The third kappa shape index (κ3) is 3.61. The Morgan fingerprint density at radius 2 is 2.04 bits per heavy atom. The maximum Gasteiger partial charge on any atom is 0.355 e. The predicted octanol–water partition coefficient (Wildman–Crippen LogP) is 2.90. The quantitative estimate of drug-likeness (QED) is 0.757. The summed E-state index contributed by atoms with van der Waals surface area (Å²) < 4.78 is 31.9. The van der Waals surface area contributed by atoms with Crippen LogP contribution in [0, 0.1) is 5.92 Å². The van der Waals surface area contributed by atoms with E-state index in [0.717, 1.165) is 16.8 Å². The lowest BCUT2D eigenvalue weighted by atomic mass is 10.3. The van der Waals surface area contributed by atoms with Crippen LogP contribution in [0.25, 0.3) is 0 Å². The Hall–Kier alpha value is -2.32. The van der Waals surface area contributed by atoms with Crippen LogP contribution in [-0.2, 0) is 19.6 Å². The van der Waals surface area contributed by atoms with Crippen LogP contribution in [-0.4, -0.2) is 30.9 Å². The van der Waals surface area contributed by atoms with Crippen molar-refractivity contribution in [2.45, 2.75) is 24.7 Å². The molecule has 9 heteroatoms. The van der Waals surface area contributed by atoms with E-state index in [2.05, 4.69) is 5.32 Å². The lowest BCUT2D eigenvalue weighted by Crippen LogP contribution is -2.22. The van der Waals surface area contributed by atoms with Gasteiger partial charge in [0.05, 0.1) is 12.3 Å². The second kappa shape index (κ2) is 7.13. The lowest BCUT2D eigenvalue weighted by Gasteiger charge is -2.14. The molecule has 0 bridgehead atoms. The Balaban J connectivity index is 2.05. The van der Waals surface area contributed by atoms with E-state index >= 15 is 0 Å². The van der Waals surface area contributed by atoms with Gasteiger partial charge in [-0.2, -0.15) is 0 Å². The summed E-state index contributed by atoms with van der Waals surface area (Å²) in [4.78, 5) is 23.9. The summed E-state index contributed by atoms with van der Waals surface area (Å²) in [5.74, 6) is -1.09. The van der Waals surface area contributed by atoms with Crippen molar-refractivity contribution < 1.29 is 22.7 Å². The van der Waals surface area contributed by atoms with Gasteiger partial charge in [0, 0.05) is 17.1 Å². The summed E-state index contributed by atoms with van der Waals surface area (Å²) in [5, 5.41) is 2.83. The molecule has 1 aliphatic carbocycles. The summed E-state index contributed by atoms with van der Waals surface area (Å²) in [7, 11) is -4.18. The molecule has 26 heavy (non-hydrogen) atoms. The van der Waals surface area contributed by atoms with E-state index in [9.17, 15) is 18.0 Å². The van der Waals surface area contributed by atoms with E-state index in [-0.39, 0.29) is 39.7 Å². The van der Waals surface area contributed by atoms with Crippen molar-refractivity contribution in [3.8, 4) is 0 Å². The van der Waals surface area contributed by atoms with Gasteiger partial charge in [0.25, 0.3) is 10.0 Å². The van der Waals surface area contributed by atoms with Crippen molar-refractivity contribution >= 4 is 39.2 Å². The number of nitrogens with one attached hydrogen (secondary N) is 1. The smallest absolute Gasteiger partial charge is 0.355 e. The van der Waals surface area contributed by atoms with Crippen LogP contribution in [0.5, 0.6) is 0 Å². The Morgan fingerprint density at radius 3 is 2.69 bits per heavy atom. The van der Waals surface area contributed by atoms with Crippen molar-refractivity contribution in [3.63, 3.8) is 0 Å². The van der Waals surface area contributed by atoms with Crippen LogP contribution in [0.4, 0.5) is 5.69 Å². The van der Waals surface area contributed by atoms with E-state index in [1.54, 1.807) is 6.92 Å². The van der Waals surface area contributed by atoms with E-state index in [1.807, 2.05) is 0 Å². The maximum absolute atomic E-state index is 13.1. The summed E-state index contributed by atoms with van der Waals surface area (Å²) >= 11 is 5.97. The molecule has 0 radical (unpaired) electrons. The molecule has 1 saturated carbocycles. The molecule has 0 atom stereocenters. The van der Waals surface area contributed by atoms with Gasteiger partial charge in [0.15, 0.2) is 0 Å². The molecule has 1 aromatic heterocycles. The molecular weight excluding hydrogens is 380 g/mol. The summed E-state index contributed by atoms with van der Waals surface area (Å²) in [5.41, 5.74) is -0.0129. The Labute approximate surface area is 156 Å². The standard InChI is InChI=1S/C17H17ClN2O5S/c1-2-25-17(22)14-4-3-9-20(14)26(23,24)15-10-12(18)7-8-13(15)19-16(21)11-5-6-11/h3-4,7-11H,2,5-6H2,1H3,(H,19,21). The first kappa shape index (κ1) is 18.5. The number of amides is 1. The van der Waals surface area contributed by atoms with Crippen LogP contribution in [0.15, 0.2) is 41.4 Å². The van der Waals surface area contributed by atoms with E-state index in [1.165, 1.54) is 36.5 Å². The highest BCUT2D eigenvalue weighted by Crippen LogP contribution is 2.33. The van der Waals surface area contributed by atoms with Gasteiger partial charge in [-0.25, -0.2) is 17.2 Å². The fraction of sp³-hybridized carbons (Fsp3) is 0.294. The average molecular weight is 397 g/mol. The first-order valence-corrected chi connectivity index (χ1v) is 9.87. The van der Waals surface area contributed by atoms with E-state index < -0.39 is 16.0 Å². The first-order valence-electron chi connectivity index (χ1n) is 8.05. The molecule has 0 unspecified atom stereocenters. The van der Waals surface area contributed by atoms with Crippen molar-refractivity contribution in [3.05, 3.63) is 47.2 Å². The van der Waals surface area contributed by atoms with Crippen LogP contribution in [0.2, 0.25) is 5.02 Å². The van der Waals surface area contributed by atoms with Crippen molar-refractivity contribution in [2.75, 3.05) is 11.9 Å². The molecule has 2 aromatic rings. The number of hydrogen-bond donors (Lipinski definition) is 1. The Bertz CT molecular complexity index is 963. The molecule has 1 N–H and O–H groups in total. The number of anilines is 1. The fourth-order valence-corrected chi connectivity index (χ4v) is 4.18. The minimum atomic E-state index is -4.18. The summed E-state index contributed by atoms with van der Waals surface area (Å²) in [6.45, 7) is 1.74. The van der Waals surface area contributed by atoms with Gasteiger partial charge < -0.3 is 10.1 Å². The van der Waals surface area contributed by atoms with Gasteiger partial charge in [-0.3, -0.25) is 4.79 Å². The SMILES string of the molecule is CCOC(=O)c1cccn1S(=O)(=O)c1cc(Cl)ccc1NC(=O)C1CC1. The highest BCUT2D eigenvalue weighted by atomic mass is 35.5. The van der Waals surface area contributed by atoms with Crippen LogP contribution in [0.1, 0.15) is 30.3 Å². The minimum Gasteiger partial charge on any atom is -0.461 e. The number of esters is 1. The average Bonchev–Trinajstić information content (AvgIpc) is 3.32. The van der Waals surface area contributed by atoms with E-state index in [0.29, 0.717) is 0 Å². The molecule has 0 aliphatic heterocycles. The monoisotopic (exact) mass is 396 g/mol. The van der Waals surface area contributed by atoms with Gasteiger partial charge in [0.2, 0.25) is 5.91 Å². The zero-order valence-corrected chi connectivity index (χ0v) is 15.5. The van der Waals surface area contributed by atoms with Gasteiger partial charge in [0.1, 0.15) is 10.6 Å². The Morgan fingerprint density at radius 1 is 1.31 bits per heavy atom. The van der Waals surface area contributed by atoms with Crippen LogP contribution in [0.3, 0.4) is 0 Å². The molecular formula is C17H17ClN2O5S. The highest BCUT2D eigenvalue weighted by Gasteiger charge is 2.32. The number of benzene rings is 1. The molecule has 0 saturated heterocycles. The molecule has 0 spiro atoms. The molecule has 138 valence electrons. The molecule has 1 heterocycles. The van der Waals surface area contributed by atoms with Gasteiger partial charge >= 0.3 is 5.97 Å². The zero-order valence-electron chi connectivity index (χ0n) is 13.9. The topological polar surface area (TPSA) is 94.5 Å². The lowest BCUT2D eigenvalue weighted by molar-refractivity contribution is -0.117. The number of halogens is 1. The van der Waals surface area contributed by atoms with Crippen LogP contribution >= 0.6 is 11.6 Å². The van der Waals surface area contributed by atoms with Crippen molar-refractivity contribution in [2.24, 2.45) is 5.92 Å². The second-order valence-electron chi connectivity index (χ2n) is 5.82. The largest absolute Gasteiger partial charge is 0.461 e. The third-order valence-corrected chi connectivity index (χ3v) is 5.85. The molecule has 1 aliphatic rings. The summed E-state index contributed by atoms with van der Waals surface area (Å²) in [6, 6.07) is 6.95. The predicted molar refractivity (Wildman–Crippen MR) is 95.8 cm³/mol. The number of ether oxygens (including phenoxy) is 1.